The van der Waals surface area contributed by atoms with E-state index in [1.807, 2.05) is 12.1 Å². The van der Waals surface area contributed by atoms with E-state index in [-0.39, 0.29) is 6.10 Å². The highest BCUT2D eigenvalue weighted by Gasteiger charge is 2.25. The Morgan fingerprint density at radius 1 is 1.33 bits per heavy atom. The van der Waals surface area contributed by atoms with Gasteiger partial charge in [0.1, 0.15) is 5.75 Å². The zero-order chi connectivity index (χ0) is 13.3. The molecule has 1 aliphatic rings. The van der Waals surface area contributed by atoms with Crippen LogP contribution in [0.15, 0.2) is 18.2 Å². The number of hydrogen-bond acceptors (Lipinski definition) is 3. The molecule has 0 unspecified atom stereocenters. The third kappa shape index (κ3) is 3.63. The summed E-state index contributed by atoms with van der Waals surface area (Å²) in [5.74, 6) is 1.02. The Balaban J connectivity index is 2.31. The van der Waals surface area contributed by atoms with Crippen LogP contribution in [-0.2, 0) is 10.0 Å². The van der Waals surface area contributed by atoms with Gasteiger partial charge in [0.25, 0.3) is 0 Å². The normalized spacial score (nSPS) is 15.8. The summed E-state index contributed by atoms with van der Waals surface area (Å²) in [5, 5.41) is 0. The summed E-state index contributed by atoms with van der Waals surface area (Å²) in [6.45, 7) is 4.19. The highest BCUT2D eigenvalue weighted by molar-refractivity contribution is 7.92. The molecule has 0 heterocycles. The lowest BCUT2D eigenvalue weighted by molar-refractivity contribution is 0.304. The quantitative estimate of drug-likeness (QED) is 0.894. The molecule has 1 fully saturated rings. The predicted molar refractivity (Wildman–Crippen MR) is 72.6 cm³/mol. The smallest absolute Gasteiger partial charge is 0.229 e. The molecule has 1 aliphatic carbocycles. The van der Waals surface area contributed by atoms with E-state index in [2.05, 4.69) is 18.6 Å². The summed E-state index contributed by atoms with van der Waals surface area (Å²) < 4.78 is 30.9. The van der Waals surface area contributed by atoms with E-state index in [4.69, 9.17) is 4.74 Å². The van der Waals surface area contributed by atoms with Crippen LogP contribution >= 0.6 is 0 Å². The molecule has 0 bridgehead atoms. The minimum Gasteiger partial charge on any atom is -0.488 e. The molecule has 0 radical (unpaired) electrons. The van der Waals surface area contributed by atoms with Crippen molar-refractivity contribution in [3.05, 3.63) is 23.8 Å². The molecule has 18 heavy (non-hydrogen) atoms. The molecule has 0 amide bonds. The minimum absolute atomic E-state index is 0.243. The fourth-order valence-electron chi connectivity index (χ4n) is 1.65. The van der Waals surface area contributed by atoms with Crippen molar-refractivity contribution in [1.82, 2.24) is 0 Å². The van der Waals surface area contributed by atoms with Crippen LogP contribution in [0.3, 0.4) is 0 Å². The van der Waals surface area contributed by atoms with Crippen LogP contribution in [0.25, 0.3) is 0 Å². The Morgan fingerprint density at radius 2 is 2.00 bits per heavy atom. The van der Waals surface area contributed by atoms with Crippen molar-refractivity contribution in [2.45, 2.75) is 38.7 Å². The lowest BCUT2D eigenvalue weighted by atomic mass is 10.0. The van der Waals surface area contributed by atoms with E-state index in [1.54, 1.807) is 6.07 Å². The van der Waals surface area contributed by atoms with Crippen LogP contribution in [0.2, 0.25) is 0 Å². The summed E-state index contributed by atoms with van der Waals surface area (Å²) in [5.41, 5.74) is 1.67. The molecule has 1 saturated carbocycles. The molecule has 1 aromatic carbocycles. The van der Waals surface area contributed by atoms with Gasteiger partial charge >= 0.3 is 0 Å². The third-order valence-corrected chi connectivity index (χ3v) is 3.38. The van der Waals surface area contributed by atoms with Gasteiger partial charge < -0.3 is 4.74 Å². The third-order valence-electron chi connectivity index (χ3n) is 2.79. The molecular formula is C13H19NO3S. The molecule has 4 nitrogen and oxygen atoms in total. The lowest BCUT2D eigenvalue weighted by Crippen LogP contribution is -2.11. The number of benzene rings is 1. The fraction of sp³-hybridized carbons (Fsp3) is 0.538. The molecule has 1 aromatic rings. The summed E-state index contributed by atoms with van der Waals surface area (Å²) in [7, 11) is -3.28. The maximum Gasteiger partial charge on any atom is 0.229 e. The molecule has 0 saturated heterocycles. The van der Waals surface area contributed by atoms with Gasteiger partial charge in [-0.1, -0.05) is 19.9 Å². The Morgan fingerprint density at radius 3 is 2.50 bits per heavy atom. The van der Waals surface area contributed by atoms with Gasteiger partial charge in [0.05, 0.1) is 18.0 Å². The first kappa shape index (κ1) is 13.2. The molecular weight excluding hydrogens is 250 g/mol. The van der Waals surface area contributed by atoms with E-state index in [0.717, 1.165) is 24.7 Å². The highest BCUT2D eigenvalue weighted by atomic mass is 32.2. The molecule has 0 aliphatic heterocycles. The molecule has 5 heteroatoms. The summed E-state index contributed by atoms with van der Waals surface area (Å²) in [6, 6.07) is 5.63. The van der Waals surface area contributed by atoms with Crippen molar-refractivity contribution in [2.75, 3.05) is 11.0 Å². The van der Waals surface area contributed by atoms with Gasteiger partial charge in [-0.25, -0.2) is 8.42 Å². The Hall–Kier alpha value is -1.23. The zero-order valence-electron chi connectivity index (χ0n) is 10.9. The van der Waals surface area contributed by atoms with Crippen LogP contribution < -0.4 is 9.46 Å². The average Bonchev–Trinajstić information content (AvgIpc) is 3.02. The van der Waals surface area contributed by atoms with Gasteiger partial charge in [-0.2, -0.15) is 0 Å². The second kappa shape index (κ2) is 4.80. The summed E-state index contributed by atoms with van der Waals surface area (Å²) >= 11 is 0. The van der Waals surface area contributed by atoms with E-state index in [1.165, 1.54) is 0 Å². The highest BCUT2D eigenvalue weighted by Crippen LogP contribution is 2.34. The van der Waals surface area contributed by atoms with Crippen molar-refractivity contribution in [3.8, 4) is 5.75 Å². The van der Waals surface area contributed by atoms with Gasteiger partial charge in [0, 0.05) is 0 Å². The number of anilines is 1. The van der Waals surface area contributed by atoms with Crippen LogP contribution in [0, 0.1) is 0 Å². The van der Waals surface area contributed by atoms with Gasteiger partial charge in [-0.3, -0.25) is 4.72 Å². The molecule has 100 valence electrons. The number of hydrogen-bond donors (Lipinski definition) is 1. The van der Waals surface area contributed by atoms with Crippen LogP contribution in [-0.4, -0.2) is 20.8 Å². The van der Waals surface area contributed by atoms with Gasteiger partial charge in [0.2, 0.25) is 10.0 Å². The molecule has 0 spiro atoms. The molecule has 0 atom stereocenters. The molecule has 1 N–H and O–H groups in total. The average molecular weight is 269 g/mol. The maximum atomic E-state index is 11.3. The predicted octanol–water partition coefficient (Wildman–Crippen LogP) is 2.72. The summed E-state index contributed by atoms with van der Waals surface area (Å²) in [4.78, 5) is 0. The molecule has 2 rings (SSSR count). The van der Waals surface area contributed by atoms with Gasteiger partial charge in [-0.15, -0.1) is 0 Å². The Bertz CT molecular complexity index is 533. The first-order chi connectivity index (χ1) is 8.35. The van der Waals surface area contributed by atoms with Crippen LogP contribution in [0.1, 0.15) is 38.2 Å². The van der Waals surface area contributed by atoms with Crippen molar-refractivity contribution >= 4 is 15.7 Å². The van der Waals surface area contributed by atoms with Crippen LogP contribution in [0.5, 0.6) is 5.75 Å². The minimum atomic E-state index is -3.28. The van der Waals surface area contributed by atoms with E-state index in [0.29, 0.717) is 17.4 Å². The van der Waals surface area contributed by atoms with Crippen LogP contribution in [0.4, 0.5) is 5.69 Å². The number of ether oxygens (including phenoxy) is 1. The second-order valence-electron chi connectivity index (χ2n) is 5.10. The second-order valence-corrected chi connectivity index (χ2v) is 6.85. The van der Waals surface area contributed by atoms with Crippen molar-refractivity contribution in [1.29, 1.82) is 0 Å². The standard InChI is InChI=1S/C13H19NO3S/c1-9(2)10-4-7-12(14-18(3,15)16)13(8-10)17-11-5-6-11/h4,7-9,11,14H,5-6H2,1-3H3. The summed E-state index contributed by atoms with van der Waals surface area (Å²) in [6.07, 6.45) is 3.48. The fourth-order valence-corrected chi connectivity index (χ4v) is 2.21. The maximum absolute atomic E-state index is 11.3. The van der Waals surface area contributed by atoms with Gasteiger partial charge in [0.15, 0.2) is 0 Å². The number of nitrogens with one attached hydrogen (secondary N) is 1. The lowest BCUT2D eigenvalue weighted by Gasteiger charge is -2.15. The van der Waals surface area contributed by atoms with Crippen molar-refractivity contribution < 1.29 is 13.2 Å². The SMILES string of the molecule is CC(C)c1ccc(NS(C)(=O)=O)c(OC2CC2)c1. The van der Waals surface area contributed by atoms with E-state index in [9.17, 15) is 8.42 Å². The monoisotopic (exact) mass is 269 g/mol. The number of rotatable bonds is 5. The largest absolute Gasteiger partial charge is 0.488 e. The zero-order valence-corrected chi connectivity index (χ0v) is 11.8. The topological polar surface area (TPSA) is 55.4 Å². The van der Waals surface area contributed by atoms with E-state index >= 15 is 0 Å². The van der Waals surface area contributed by atoms with E-state index < -0.39 is 10.0 Å². The first-order valence-electron chi connectivity index (χ1n) is 6.13. The molecule has 0 aromatic heterocycles. The van der Waals surface area contributed by atoms with Crippen molar-refractivity contribution in [3.63, 3.8) is 0 Å². The van der Waals surface area contributed by atoms with Gasteiger partial charge in [-0.05, 0) is 36.5 Å². The Kier molecular flexibility index (Phi) is 3.52. The van der Waals surface area contributed by atoms with Crippen molar-refractivity contribution in [2.24, 2.45) is 0 Å². The Labute approximate surface area is 108 Å². The first-order valence-corrected chi connectivity index (χ1v) is 8.02. The number of sulfonamides is 1.